The van der Waals surface area contributed by atoms with Crippen molar-refractivity contribution in [2.45, 2.75) is 32.6 Å². The Hall–Kier alpha value is -2.10. The Balaban J connectivity index is 1.74. The number of hydrogen-bond acceptors (Lipinski definition) is 3. The molecule has 1 aliphatic heterocycles. The van der Waals surface area contributed by atoms with Crippen molar-refractivity contribution < 1.29 is 9.21 Å². The van der Waals surface area contributed by atoms with Gasteiger partial charge < -0.3 is 9.32 Å². The van der Waals surface area contributed by atoms with Gasteiger partial charge in [-0.25, -0.2) is 4.98 Å². The Labute approximate surface area is 124 Å². The Kier molecular flexibility index (Phi) is 4.04. The summed E-state index contributed by atoms with van der Waals surface area (Å²) < 4.78 is 5.71. The van der Waals surface area contributed by atoms with Gasteiger partial charge in [0.1, 0.15) is 5.76 Å². The lowest BCUT2D eigenvalue weighted by molar-refractivity contribution is -0.131. The molecule has 1 amide bonds. The van der Waals surface area contributed by atoms with Gasteiger partial charge in [-0.05, 0) is 38.3 Å². The summed E-state index contributed by atoms with van der Waals surface area (Å²) in [6.07, 6.45) is 3.78. The van der Waals surface area contributed by atoms with Crippen LogP contribution in [0.25, 0.3) is 11.5 Å². The molecule has 0 bridgehead atoms. The van der Waals surface area contributed by atoms with E-state index in [1.165, 1.54) is 6.42 Å². The van der Waals surface area contributed by atoms with Gasteiger partial charge >= 0.3 is 0 Å². The molecule has 1 saturated heterocycles. The molecule has 0 radical (unpaired) electrons. The molecular formula is C17H20N2O2. The maximum Gasteiger partial charge on any atom is 0.228 e. The number of hydrogen-bond donors (Lipinski definition) is 0. The van der Waals surface area contributed by atoms with Crippen LogP contribution in [0.2, 0.25) is 0 Å². The van der Waals surface area contributed by atoms with Gasteiger partial charge in [0.15, 0.2) is 0 Å². The van der Waals surface area contributed by atoms with Crippen molar-refractivity contribution in [1.29, 1.82) is 0 Å². The van der Waals surface area contributed by atoms with Gasteiger partial charge in [0.2, 0.25) is 11.8 Å². The maximum absolute atomic E-state index is 12.3. The summed E-state index contributed by atoms with van der Waals surface area (Å²) in [5, 5.41) is 0. The number of benzene rings is 1. The summed E-state index contributed by atoms with van der Waals surface area (Å²) in [6.45, 7) is 3.63. The molecule has 1 aliphatic rings. The van der Waals surface area contributed by atoms with E-state index in [4.69, 9.17) is 4.42 Å². The van der Waals surface area contributed by atoms with Crippen LogP contribution >= 0.6 is 0 Å². The largest absolute Gasteiger partial charge is 0.441 e. The molecule has 4 nitrogen and oxygen atoms in total. The molecule has 0 aliphatic carbocycles. The van der Waals surface area contributed by atoms with E-state index in [2.05, 4.69) is 4.98 Å². The third-order valence-corrected chi connectivity index (χ3v) is 3.94. The summed E-state index contributed by atoms with van der Waals surface area (Å²) in [4.78, 5) is 18.8. The van der Waals surface area contributed by atoms with Crippen molar-refractivity contribution in [2.24, 2.45) is 0 Å². The predicted octanol–water partition coefficient (Wildman–Crippen LogP) is 3.21. The van der Waals surface area contributed by atoms with E-state index in [9.17, 15) is 4.79 Å². The molecule has 0 atom stereocenters. The van der Waals surface area contributed by atoms with Gasteiger partial charge in [0, 0.05) is 18.7 Å². The highest BCUT2D eigenvalue weighted by Crippen LogP contribution is 2.22. The summed E-state index contributed by atoms with van der Waals surface area (Å²) >= 11 is 0. The molecule has 110 valence electrons. The minimum Gasteiger partial charge on any atom is -0.441 e. The highest BCUT2D eigenvalue weighted by atomic mass is 16.4. The maximum atomic E-state index is 12.3. The molecule has 0 spiro atoms. The quantitative estimate of drug-likeness (QED) is 0.869. The van der Waals surface area contributed by atoms with E-state index >= 15 is 0 Å². The van der Waals surface area contributed by atoms with Crippen molar-refractivity contribution in [2.75, 3.05) is 13.1 Å². The fourth-order valence-electron chi connectivity index (χ4n) is 2.69. The van der Waals surface area contributed by atoms with E-state index < -0.39 is 0 Å². The molecule has 1 aromatic carbocycles. The third-order valence-electron chi connectivity index (χ3n) is 3.94. The van der Waals surface area contributed by atoms with Crippen LogP contribution in [0.3, 0.4) is 0 Å². The van der Waals surface area contributed by atoms with Crippen LogP contribution in [-0.4, -0.2) is 28.9 Å². The zero-order chi connectivity index (χ0) is 14.7. The van der Waals surface area contributed by atoms with Gasteiger partial charge in [-0.15, -0.1) is 0 Å². The lowest BCUT2D eigenvalue weighted by Crippen LogP contribution is -2.36. The Morgan fingerprint density at radius 3 is 2.62 bits per heavy atom. The number of aryl methyl sites for hydroxylation is 1. The van der Waals surface area contributed by atoms with Crippen molar-refractivity contribution in [3.8, 4) is 11.5 Å². The second kappa shape index (κ2) is 6.12. The molecule has 0 unspecified atom stereocenters. The Morgan fingerprint density at radius 2 is 1.90 bits per heavy atom. The Morgan fingerprint density at radius 1 is 1.19 bits per heavy atom. The summed E-state index contributed by atoms with van der Waals surface area (Å²) in [7, 11) is 0. The van der Waals surface area contributed by atoms with Gasteiger partial charge in [-0.1, -0.05) is 18.2 Å². The summed E-state index contributed by atoms with van der Waals surface area (Å²) in [5.74, 6) is 1.49. The van der Waals surface area contributed by atoms with E-state index in [1.807, 2.05) is 42.2 Å². The number of carbonyl (C=O) groups excluding carboxylic acids is 1. The zero-order valence-electron chi connectivity index (χ0n) is 12.3. The Bertz CT molecular complexity index is 613. The van der Waals surface area contributed by atoms with Crippen LogP contribution < -0.4 is 0 Å². The first-order valence-electron chi connectivity index (χ1n) is 7.53. The number of likely N-dealkylation sites (tertiary alicyclic amines) is 1. The molecule has 3 rings (SSSR count). The minimum atomic E-state index is 0.158. The number of nitrogens with zero attached hydrogens (tertiary/aromatic N) is 2. The highest BCUT2D eigenvalue weighted by Gasteiger charge is 2.20. The van der Waals surface area contributed by atoms with Crippen LogP contribution in [0.15, 0.2) is 34.7 Å². The fourth-order valence-corrected chi connectivity index (χ4v) is 2.69. The second-order valence-corrected chi connectivity index (χ2v) is 5.51. The highest BCUT2D eigenvalue weighted by molar-refractivity contribution is 5.78. The molecule has 0 N–H and O–H groups in total. The molecule has 21 heavy (non-hydrogen) atoms. The van der Waals surface area contributed by atoms with E-state index in [0.29, 0.717) is 12.3 Å². The number of rotatable bonds is 3. The zero-order valence-corrected chi connectivity index (χ0v) is 12.3. The fraction of sp³-hybridized carbons (Fsp3) is 0.412. The van der Waals surface area contributed by atoms with E-state index in [0.717, 1.165) is 42.9 Å². The van der Waals surface area contributed by atoms with Crippen LogP contribution in [0, 0.1) is 6.92 Å². The molecule has 4 heteroatoms. The average molecular weight is 284 g/mol. The van der Waals surface area contributed by atoms with Crippen LogP contribution in [-0.2, 0) is 11.2 Å². The number of piperidine rings is 1. The number of aromatic nitrogens is 1. The van der Waals surface area contributed by atoms with Gasteiger partial charge in [-0.3, -0.25) is 4.79 Å². The summed E-state index contributed by atoms with van der Waals surface area (Å²) in [5.41, 5.74) is 1.70. The van der Waals surface area contributed by atoms with Gasteiger partial charge in [0.05, 0.1) is 12.1 Å². The molecule has 0 saturated carbocycles. The average Bonchev–Trinajstić information content (AvgIpc) is 2.90. The molecule has 1 fully saturated rings. The van der Waals surface area contributed by atoms with Crippen LogP contribution in [0.4, 0.5) is 0 Å². The van der Waals surface area contributed by atoms with Crippen molar-refractivity contribution in [3.05, 3.63) is 41.8 Å². The van der Waals surface area contributed by atoms with Crippen LogP contribution in [0.1, 0.15) is 30.7 Å². The number of amides is 1. The molecule has 2 heterocycles. The number of oxazole rings is 1. The van der Waals surface area contributed by atoms with Crippen molar-refractivity contribution in [3.63, 3.8) is 0 Å². The second-order valence-electron chi connectivity index (χ2n) is 5.51. The lowest BCUT2D eigenvalue weighted by Gasteiger charge is -2.26. The first-order valence-corrected chi connectivity index (χ1v) is 7.53. The van der Waals surface area contributed by atoms with E-state index in [1.54, 1.807) is 0 Å². The molecule has 1 aromatic heterocycles. The van der Waals surface area contributed by atoms with Crippen LogP contribution in [0.5, 0.6) is 0 Å². The first kappa shape index (κ1) is 13.9. The molecular weight excluding hydrogens is 264 g/mol. The predicted molar refractivity (Wildman–Crippen MR) is 80.8 cm³/mol. The first-order chi connectivity index (χ1) is 10.2. The van der Waals surface area contributed by atoms with Gasteiger partial charge in [0.25, 0.3) is 0 Å². The van der Waals surface area contributed by atoms with Crippen molar-refractivity contribution in [1.82, 2.24) is 9.88 Å². The SMILES string of the molecule is Cc1oc(-c2ccccc2)nc1CC(=O)N1CCCCC1. The van der Waals surface area contributed by atoms with E-state index in [-0.39, 0.29) is 5.91 Å². The topological polar surface area (TPSA) is 46.3 Å². The minimum absolute atomic E-state index is 0.158. The summed E-state index contributed by atoms with van der Waals surface area (Å²) in [6, 6.07) is 9.78. The number of carbonyl (C=O) groups is 1. The monoisotopic (exact) mass is 284 g/mol. The third kappa shape index (κ3) is 3.15. The lowest BCUT2D eigenvalue weighted by atomic mass is 10.1. The smallest absolute Gasteiger partial charge is 0.228 e. The standard InChI is InChI=1S/C17H20N2O2/c1-13-15(12-16(20)19-10-6-3-7-11-19)18-17(21-13)14-8-4-2-5-9-14/h2,4-5,8-9H,3,6-7,10-12H2,1H3. The normalized spacial score (nSPS) is 15.2. The molecule has 2 aromatic rings. The van der Waals surface area contributed by atoms with Gasteiger partial charge in [-0.2, -0.15) is 0 Å². The van der Waals surface area contributed by atoms with Crippen molar-refractivity contribution >= 4 is 5.91 Å².